The first-order chi connectivity index (χ1) is 8.85. The fourth-order valence-electron chi connectivity index (χ4n) is 2.34. The summed E-state index contributed by atoms with van der Waals surface area (Å²) >= 11 is 0. The van der Waals surface area contributed by atoms with Crippen molar-refractivity contribution in [3.8, 4) is 5.75 Å². The van der Waals surface area contributed by atoms with Crippen LogP contribution in [0, 0.1) is 0 Å². The summed E-state index contributed by atoms with van der Waals surface area (Å²) in [6, 6.07) is 8.26. The van der Waals surface area contributed by atoms with Crippen LogP contribution < -0.4 is 15.0 Å². The minimum absolute atomic E-state index is 0.141. The van der Waals surface area contributed by atoms with Crippen LogP contribution in [-0.4, -0.2) is 44.0 Å². The number of anilines is 1. The largest absolute Gasteiger partial charge is 0.492 e. The van der Waals surface area contributed by atoms with Crippen molar-refractivity contribution in [3.05, 3.63) is 24.3 Å². The van der Waals surface area contributed by atoms with Gasteiger partial charge in [-0.05, 0) is 32.0 Å². The zero-order chi connectivity index (χ0) is 12.8. The number of ether oxygens (including phenoxy) is 1. The standard InChI is InChI=1S/C14H22N2O2/c1-2-18-14-7-4-3-6-13(14)16-9-5-8-15-12(10-16)11-17/h3-4,6-7,12,15,17H,2,5,8-11H2,1H3. The number of rotatable bonds is 4. The van der Waals surface area contributed by atoms with Gasteiger partial charge in [0.25, 0.3) is 0 Å². The number of nitrogens with zero attached hydrogens (tertiary/aromatic N) is 1. The van der Waals surface area contributed by atoms with E-state index in [1.54, 1.807) is 0 Å². The second-order valence-electron chi connectivity index (χ2n) is 4.53. The number of nitrogens with one attached hydrogen (secondary N) is 1. The Balaban J connectivity index is 2.17. The van der Waals surface area contributed by atoms with Gasteiger partial charge in [0.2, 0.25) is 0 Å². The summed E-state index contributed by atoms with van der Waals surface area (Å²) in [5.41, 5.74) is 1.13. The molecule has 0 bridgehead atoms. The third-order valence-electron chi connectivity index (χ3n) is 3.20. The van der Waals surface area contributed by atoms with E-state index in [0.717, 1.165) is 37.5 Å². The molecule has 0 spiro atoms. The first kappa shape index (κ1) is 13.2. The molecule has 2 N–H and O–H groups in total. The number of hydrogen-bond acceptors (Lipinski definition) is 4. The Morgan fingerprint density at radius 2 is 2.28 bits per heavy atom. The van der Waals surface area contributed by atoms with Crippen molar-refractivity contribution < 1.29 is 9.84 Å². The molecule has 0 amide bonds. The molecule has 0 aromatic heterocycles. The third-order valence-corrected chi connectivity index (χ3v) is 3.20. The molecule has 0 aliphatic carbocycles. The fourth-order valence-corrected chi connectivity index (χ4v) is 2.34. The average molecular weight is 250 g/mol. The van der Waals surface area contributed by atoms with Crippen molar-refractivity contribution in [2.75, 3.05) is 37.7 Å². The summed E-state index contributed by atoms with van der Waals surface area (Å²) in [4.78, 5) is 2.30. The highest BCUT2D eigenvalue weighted by Crippen LogP contribution is 2.28. The number of benzene rings is 1. The second kappa shape index (κ2) is 6.61. The fraction of sp³-hybridized carbons (Fsp3) is 0.571. The molecule has 1 fully saturated rings. The van der Waals surface area contributed by atoms with Crippen LogP contribution in [0.25, 0.3) is 0 Å². The van der Waals surface area contributed by atoms with Crippen molar-refractivity contribution in [3.63, 3.8) is 0 Å². The van der Waals surface area contributed by atoms with E-state index >= 15 is 0 Å². The Bertz CT molecular complexity index is 371. The van der Waals surface area contributed by atoms with E-state index in [-0.39, 0.29) is 12.6 Å². The minimum atomic E-state index is 0.141. The average Bonchev–Trinajstić information content (AvgIpc) is 2.65. The van der Waals surface area contributed by atoms with Crippen molar-refractivity contribution in [2.24, 2.45) is 0 Å². The Morgan fingerprint density at radius 3 is 3.06 bits per heavy atom. The Labute approximate surface area is 109 Å². The summed E-state index contributed by atoms with van der Waals surface area (Å²) in [6.07, 6.45) is 1.08. The van der Waals surface area contributed by atoms with Crippen LogP contribution in [0.15, 0.2) is 24.3 Å². The highest BCUT2D eigenvalue weighted by atomic mass is 16.5. The smallest absolute Gasteiger partial charge is 0.142 e. The van der Waals surface area contributed by atoms with Crippen LogP contribution in [0.3, 0.4) is 0 Å². The number of para-hydroxylation sites is 2. The summed E-state index contributed by atoms with van der Waals surface area (Å²) in [7, 11) is 0. The van der Waals surface area contributed by atoms with Gasteiger partial charge in [0, 0.05) is 19.1 Å². The molecule has 1 aliphatic heterocycles. The lowest BCUT2D eigenvalue weighted by atomic mass is 10.2. The molecular weight excluding hydrogens is 228 g/mol. The van der Waals surface area contributed by atoms with Crippen molar-refractivity contribution in [1.29, 1.82) is 0 Å². The van der Waals surface area contributed by atoms with E-state index in [1.807, 2.05) is 25.1 Å². The molecule has 2 rings (SSSR count). The molecule has 18 heavy (non-hydrogen) atoms. The first-order valence-corrected chi connectivity index (χ1v) is 6.66. The molecule has 1 aromatic carbocycles. The van der Waals surface area contributed by atoms with Gasteiger partial charge in [0.15, 0.2) is 0 Å². The quantitative estimate of drug-likeness (QED) is 0.844. The molecule has 1 aliphatic rings. The minimum Gasteiger partial charge on any atom is -0.492 e. The monoisotopic (exact) mass is 250 g/mol. The highest BCUT2D eigenvalue weighted by Gasteiger charge is 2.19. The maximum absolute atomic E-state index is 9.33. The molecule has 100 valence electrons. The van der Waals surface area contributed by atoms with Gasteiger partial charge in [-0.25, -0.2) is 0 Å². The Kier molecular flexibility index (Phi) is 4.84. The lowest BCUT2D eigenvalue weighted by molar-refractivity contribution is 0.248. The molecule has 4 nitrogen and oxygen atoms in total. The van der Waals surface area contributed by atoms with Gasteiger partial charge in [-0.15, -0.1) is 0 Å². The van der Waals surface area contributed by atoms with E-state index in [4.69, 9.17) is 4.74 Å². The SMILES string of the molecule is CCOc1ccccc1N1CCCNC(CO)C1. The van der Waals surface area contributed by atoms with E-state index in [1.165, 1.54) is 0 Å². The summed E-state index contributed by atoms with van der Waals surface area (Å²) in [5, 5.41) is 12.7. The second-order valence-corrected chi connectivity index (χ2v) is 4.53. The van der Waals surface area contributed by atoms with Crippen LogP contribution >= 0.6 is 0 Å². The van der Waals surface area contributed by atoms with Crippen LogP contribution in [0.4, 0.5) is 5.69 Å². The number of hydrogen-bond donors (Lipinski definition) is 2. The molecule has 1 saturated heterocycles. The predicted molar refractivity (Wildman–Crippen MR) is 73.3 cm³/mol. The lowest BCUT2D eigenvalue weighted by Gasteiger charge is -2.27. The molecule has 1 aromatic rings. The van der Waals surface area contributed by atoms with Crippen molar-refractivity contribution in [1.82, 2.24) is 5.32 Å². The van der Waals surface area contributed by atoms with Gasteiger partial charge in [0.1, 0.15) is 5.75 Å². The normalized spacial score (nSPS) is 20.6. The molecule has 4 heteroatoms. The summed E-state index contributed by atoms with van der Waals surface area (Å²) < 4.78 is 5.68. The van der Waals surface area contributed by atoms with Gasteiger partial charge < -0.3 is 20.1 Å². The highest BCUT2D eigenvalue weighted by molar-refractivity contribution is 5.58. The van der Waals surface area contributed by atoms with Crippen molar-refractivity contribution >= 4 is 5.69 Å². The first-order valence-electron chi connectivity index (χ1n) is 6.66. The number of aliphatic hydroxyl groups excluding tert-OH is 1. The zero-order valence-corrected chi connectivity index (χ0v) is 10.9. The van der Waals surface area contributed by atoms with Gasteiger partial charge in [-0.1, -0.05) is 12.1 Å². The van der Waals surface area contributed by atoms with Crippen molar-refractivity contribution in [2.45, 2.75) is 19.4 Å². The van der Waals surface area contributed by atoms with Gasteiger partial charge in [-0.2, -0.15) is 0 Å². The molecule has 1 unspecified atom stereocenters. The molecule has 1 heterocycles. The van der Waals surface area contributed by atoms with Crippen LogP contribution in [0.1, 0.15) is 13.3 Å². The van der Waals surface area contributed by atoms with E-state index in [0.29, 0.717) is 6.61 Å². The maximum atomic E-state index is 9.33. The maximum Gasteiger partial charge on any atom is 0.142 e. The van der Waals surface area contributed by atoms with Gasteiger partial charge >= 0.3 is 0 Å². The summed E-state index contributed by atoms with van der Waals surface area (Å²) in [5.74, 6) is 0.929. The zero-order valence-electron chi connectivity index (χ0n) is 10.9. The van der Waals surface area contributed by atoms with Gasteiger partial charge in [0.05, 0.1) is 18.9 Å². The Morgan fingerprint density at radius 1 is 1.44 bits per heavy atom. The van der Waals surface area contributed by atoms with Crippen LogP contribution in [0.2, 0.25) is 0 Å². The number of aliphatic hydroxyl groups is 1. The predicted octanol–water partition coefficient (Wildman–Crippen LogP) is 1.25. The van der Waals surface area contributed by atoms with E-state index < -0.39 is 0 Å². The third kappa shape index (κ3) is 3.15. The van der Waals surface area contributed by atoms with Gasteiger partial charge in [-0.3, -0.25) is 0 Å². The molecule has 0 radical (unpaired) electrons. The van der Waals surface area contributed by atoms with Crippen LogP contribution in [-0.2, 0) is 0 Å². The van der Waals surface area contributed by atoms with E-state index in [9.17, 15) is 5.11 Å². The molecule has 0 saturated carbocycles. The lowest BCUT2D eigenvalue weighted by Crippen LogP contribution is -2.40. The topological polar surface area (TPSA) is 44.7 Å². The van der Waals surface area contributed by atoms with E-state index in [2.05, 4.69) is 16.3 Å². The molecule has 1 atom stereocenters. The Hall–Kier alpha value is -1.26. The summed E-state index contributed by atoms with van der Waals surface area (Å²) in [6.45, 7) is 5.61. The molecular formula is C14H22N2O2. The van der Waals surface area contributed by atoms with Crippen LogP contribution in [0.5, 0.6) is 5.75 Å².